The highest BCUT2D eigenvalue weighted by molar-refractivity contribution is 7.84. The molecule has 0 saturated heterocycles. The standard InChI is InChI=1S/C13H20O3S/c1-12-4-6-13(7-5-12)16-9-3-11-17(15)10-2-8-14/h4-7,14H,2-3,8-11H2,1H3. The first-order valence-electron chi connectivity index (χ1n) is 5.87. The van der Waals surface area contributed by atoms with E-state index in [1.807, 2.05) is 31.2 Å². The maximum atomic E-state index is 11.4. The number of hydrogen-bond donors (Lipinski definition) is 1. The van der Waals surface area contributed by atoms with Crippen LogP contribution in [0.25, 0.3) is 0 Å². The highest BCUT2D eigenvalue weighted by Crippen LogP contribution is 2.11. The fourth-order valence-corrected chi connectivity index (χ4v) is 2.47. The lowest BCUT2D eigenvalue weighted by Crippen LogP contribution is -2.08. The van der Waals surface area contributed by atoms with Crippen molar-refractivity contribution in [2.45, 2.75) is 19.8 Å². The fourth-order valence-electron chi connectivity index (χ4n) is 1.37. The molecular weight excluding hydrogens is 236 g/mol. The Morgan fingerprint density at radius 2 is 1.82 bits per heavy atom. The summed E-state index contributed by atoms with van der Waals surface area (Å²) in [6.07, 6.45) is 1.40. The zero-order chi connectivity index (χ0) is 12.5. The van der Waals surface area contributed by atoms with Gasteiger partial charge in [0.1, 0.15) is 5.75 Å². The van der Waals surface area contributed by atoms with Gasteiger partial charge in [-0.3, -0.25) is 4.21 Å². The van der Waals surface area contributed by atoms with E-state index in [0.29, 0.717) is 24.5 Å². The largest absolute Gasteiger partial charge is 0.494 e. The summed E-state index contributed by atoms with van der Waals surface area (Å²) in [5.41, 5.74) is 1.21. The van der Waals surface area contributed by atoms with Crippen LogP contribution in [0.2, 0.25) is 0 Å². The molecule has 0 aliphatic carbocycles. The van der Waals surface area contributed by atoms with Crippen LogP contribution in [-0.4, -0.2) is 34.0 Å². The first kappa shape index (κ1) is 14.2. The third-order valence-corrected chi connectivity index (χ3v) is 3.82. The summed E-state index contributed by atoms with van der Waals surface area (Å²) < 4.78 is 16.9. The van der Waals surface area contributed by atoms with E-state index in [9.17, 15) is 4.21 Å². The van der Waals surface area contributed by atoms with Crippen LogP contribution < -0.4 is 4.74 Å². The number of hydrogen-bond acceptors (Lipinski definition) is 3. The van der Waals surface area contributed by atoms with Gasteiger partial charge in [0.15, 0.2) is 0 Å². The van der Waals surface area contributed by atoms with Gasteiger partial charge in [-0.2, -0.15) is 0 Å². The van der Waals surface area contributed by atoms with Gasteiger partial charge in [-0.1, -0.05) is 17.7 Å². The molecule has 0 amide bonds. The van der Waals surface area contributed by atoms with E-state index in [4.69, 9.17) is 9.84 Å². The van der Waals surface area contributed by atoms with Gasteiger partial charge >= 0.3 is 0 Å². The Labute approximate surface area is 105 Å². The summed E-state index contributed by atoms with van der Waals surface area (Å²) in [6.45, 7) is 2.74. The Hall–Kier alpha value is -0.870. The Morgan fingerprint density at radius 1 is 1.18 bits per heavy atom. The van der Waals surface area contributed by atoms with E-state index in [1.165, 1.54) is 5.56 Å². The van der Waals surface area contributed by atoms with Crippen molar-refractivity contribution < 1.29 is 14.1 Å². The number of rotatable bonds is 8. The molecule has 0 spiro atoms. The predicted octanol–water partition coefficient (Wildman–Crippen LogP) is 1.90. The number of aryl methyl sites for hydroxylation is 1. The van der Waals surface area contributed by atoms with Crippen LogP contribution in [0.1, 0.15) is 18.4 Å². The van der Waals surface area contributed by atoms with Crippen molar-refractivity contribution in [1.29, 1.82) is 0 Å². The van der Waals surface area contributed by atoms with Crippen LogP contribution in [0.4, 0.5) is 0 Å². The lowest BCUT2D eigenvalue weighted by Gasteiger charge is -2.06. The molecule has 1 rings (SSSR count). The molecule has 1 unspecified atom stereocenters. The summed E-state index contributed by atoms with van der Waals surface area (Å²) in [5.74, 6) is 2.09. The predicted molar refractivity (Wildman–Crippen MR) is 70.9 cm³/mol. The highest BCUT2D eigenvalue weighted by Gasteiger charge is 1.99. The molecule has 0 saturated carbocycles. The third kappa shape index (κ3) is 6.44. The van der Waals surface area contributed by atoms with Crippen molar-refractivity contribution in [3.05, 3.63) is 29.8 Å². The van der Waals surface area contributed by atoms with E-state index in [-0.39, 0.29) is 6.61 Å². The summed E-state index contributed by atoms with van der Waals surface area (Å²) in [6, 6.07) is 7.90. The molecule has 3 nitrogen and oxygen atoms in total. The molecule has 1 aromatic rings. The lowest BCUT2D eigenvalue weighted by atomic mass is 10.2. The van der Waals surface area contributed by atoms with Crippen molar-refractivity contribution in [2.24, 2.45) is 0 Å². The average Bonchev–Trinajstić information content (AvgIpc) is 2.34. The van der Waals surface area contributed by atoms with E-state index in [0.717, 1.165) is 12.2 Å². The van der Waals surface area contributed by atoms with Gasteiger partial charge in [0.2, 0.25) is 0 Å². The zero-order valence-electron chi connectivity index (χ0n) is 10.2. The minimum atomic E-state index is -0.821. The Balaban J connectivity index is 2.11. The SMILES string of the molecule is Cc1ccc(OCCCS(=O)CCCO)cc1. The van der Waals surface area contributed by atoms with Crippen LogP contribution in [-0.2, 0) is 10.8 Å². The molecule has 1 aromatic carbocycles. The van der Waals surface area contributed by atoms with Gasteiger partial charge in [0.05, 0.1) is 6.61 Å². The maximum absolute atomic E-state index is 11.4. The first-order chi connectivity index (χ1) is 8.22. The highest BCUT2D eigenvalue weighted by atomic mass is 32.2. The molecule has 1 N–H and O–H groups in total. The normalized spacial score (nSPS) is 12.4. The maximum Gasteiger partial charge on any atom is 0.119 e. The van der Waals surface area contributed by atoms with Gasteiger partial charge in [-0.25, -0.2) is 0 Å². The van der Waals surface area contributed by atoms with Crippen molar-refractivity contribution in [3.8, 4) is 5.75 Å². The zero-order valence-corrected chi connectivity index (χ0v) is 11.0. The average molecular weight is 256 g/mol. The molecule has 0 radical (unpaired) electrons. The summed E-state index contributed by atoms with van der Waals surface area (Å²) in [4.78, 5) is 0. The molecule has 4 heteroatoms. The fraction of sp³-hybridized carbons (Fsp3) is 0.538. The molecule has 0 fully saturated rings. The van der Waals surface area contributed by atoms with E-state index in [1.54, 1.807) is 0 Å². The smallest absolute Gasteiger partial charge is 0.119 e. The van der Waals surface area contributed by atoms with E-state index in [2.05, 4.69) is 0 Å². The lowest BCUT2D eigenvalue weighted by molar-refractivity contribution is 0.296. The summed E-state index contributed by atoms with van der Waals surface area (Å²) in [5, 5.41) is 8.60. The molecule has 1 atom stereocenters. The van der Waals surface area contributed by atoms with Crippen LogP contribution in [0.15, 0.2) is 24.3 Å². The van der Waals surface area contributed by atoms with Crippen molar-refractivity contribution in [3.63, 3.8) is 0 Å². The molecule has 96 valence electrons. The molecular formula is C13H20O3S. The number of aliphatic hydroxyl groups is 1. The molecule has 0 bridgehead atoms. The minimum absolute atomic E-state index is 0.117. The second-order valence-corrected chi connectivity index (χ2v) is 5.64. The number of aliphatic hydroxyl groups excluding tert-OH is 1. The Morgan fingerprint density at radius 3 is 2.47 bits per heavy atom. The van der Waals surface area contributed by atoms with Crippen molar-refractivity contribution >= 4 is 10.8 Å². The molecule has 0 heterocycles. The van der Waals surface area contributed by atoms with Gasteiger partial charge in [-0.05, 0) is 31.9 Å². The quantitative estimate of drug-likeness (QED) is 0.723. The topological polar surface area (TPSA) is 46.5 Å². The third-order valence-electron chi connectivity index (χ3n) is 2.34. The van der Waals surface area contributed by atoms with Gasteiger partial charge < -0.3 is 9.84 Å². The summed E-state index contributed by atoms with van der Waals surface area (Å²) in [7, 11) is -0.821. The van der Waals surface area contributed by atoms with Gasteiger partial charge in [-0.15, -0.1) is 0 Å². The van der Waals surface area contributed by atoms with Crippen LogP contribution in [0.3, 0.4) is 0 Å². The first-order valence-corrected chi connectivity index (χ1v) is 7.36. The van der Waals surface area contributed by atoms with Gasteiger partial charge in [0.25, 0.3) is 0 Å². The second kappa shape index (κ2) is 8.25. The molecule has 0 aliphatic rings. The van der Waals surface area contributed by atoms with E-state index < -0.39 is 10.8 Å². The van der Waals surface area contributed by atoms with Crippen molar-refractivity contribution in [2.75, 3.05) is 24.7 Å². The van der Waals surface area contributed by atoms with Gasteiger partial charge in [0, 0.05) is 28.9 Å². The minimum Gasteiger partial charge on any atom is -0.494 e. The van der Waals surface area contributed by atoms with Crippen LogP contribution in [0.5, 0.6) is 5.75 Å². The molecule has 0 aliphatic heterocycles. The Kier molecular flexibility index (Phi) is 6.89. The Bertz CT molecular complexity index is 335. The van der Waals surface area contributed by atoms with Crippen LogP contribution in [0, 0.1) is 6.92 Å². The monoisotopic (exact) mass is 256 g/mol. The second-order valence-electron chi connectivity index (χ2n) is 3.94. The van der Waals surface area contributed by atoms with Crippen LogP contribution >= 0.6 is 0 Å². The summed E-state index contributed by atoms with van der Waals surface area (Å²) >= 11 is 0. The molecule has 0 aromatic heterocycles. The van der Waals surface area contributed by atoms with E-state index >= 15 is 0 Å². The molecule has 17 heavy (non-hydrogen) atoms. The van der Waals surface area contributed by atoms with Crippen molar-refractivity contribution in [1.82, 2.24) is 0 Å². The number of ether oxygens (including phenoxy) is 1. The number of benzene rings is 1.